The van der Waals surface area contributed by atoms with Gasteiger partial charge in [-0.15, -0.1) is 0 Å². The van der Waals surface area contributed by atoms with E-state index in [2.05, 4.69) is 15.3 Å². The minimum absolute atomic E-state index is 0.204. The van der Waals surface area contributed by atoms with E-state index in [0.29, 0.717) is 18.7 Å². The van der Waals surface area contributed by atoms with Crippen LogP contribution < -0.4 is 5.32 Å². The summed E-state index contributed by atoms with van der Waals surface area (Å²) in [5.41, 5.74) is 0.769. The molecule has 1 saturated heterocycles. The van der Waals surface area contributed by atoms with E-state index in [1.54, 1.807) is 19.3 Å². The van der Waals surface area contributed by atoms with Gasteiger partial charge in [0.2, 0.25) is 11.8 Å². The van der Waals surface area contributed by atoms with Gasteiger partial charge in [0.25, 0.3) is 0 Å². The normalized spacial score (nSPS) is 21.3. The number of piperidine rings is 1. The molecule has 0 aromatic carbocycles. The molecule has 78 valence electrons. The number of carbonyl (C=O) groups is 2. The SMILES string of the molecule is Cc1ncc(C2CCC(=O)NC2=O)cn1. The average molecular weight is 205 g/mol. The Hall–Kier alpha value is -1.78. The zero-order valence-corrected chi connectivity index (χ0v) is 8.36. The third-order valence-corrected chi connectivity index (χ3v) is 2.44. The third-order valence-electron chi connectivity index (χ3n) is 2.44. The maximum absolute atomic E-state index is 11.5. The molecule has 15 heavy (non-hydrogen) atoms. The fourth-order valence-electron chi connectivity index (χ4n) is 1.59. The number of imide groups is 1. The first-order valence-electron chi connectivity index (χ1n) is 4.79. The van der Waals surface area contributed by atoms with Gasteiger partial charge in [0, 0.05) is 24.4 Å². The number of hydrogen-bond donors (Lipinski definition) is 1. The van der Waals surface area contributed by atoms with Crippen molar-refractivity contribution < 1.29 is 9.59 Å². The molecule has 2 heterocycles. The van der Waals surface area contributed by atoms with Gasteiger partial charge in [-0.05, 0) is 13.3 Å². The van der Waals surface area contributed by atoms with Crippen LogP contribution in [0.5, 0.6) is 0 Å². The van der Waals surface area contributed by atoms with Crippen molar-refractivity contribution in [1.82, 2.24) is 15.3 Å². The van der Waals surface area contributed by atoms with Crippen LogP contribution in [0.15, 0.2) is 12.4 Å². The van der Waals surface area contributed by atoms with Gasteiger partial charge < -0.3 is 0 Å². The number of aromatic nitrogens is 2. The largest absolute Gasteiger partial charge is 0.296 e. The summed E-state index contributed by atoms with van der Waals surface area (Å²) in [5, 5.41) is 2.31. The van der Waals surface area contributed by atoms with Crippen LogP contribution in [0.2, 0.25) is 0 Å². The molecule has 1 N–H and O–H groups in total. The van der Waals surface area contributed by atoms with E-state index in [4.69, 9.17) is 0 Å². The molecule has 1 aliphatic rings. The summed E-state index contributed by atoms with van der Waals surface area (Å²) in [4.78, 5) is 30.5. The summed E-state index contributed by atoms with van der Waals surface area (Å²) in [5.74, 6) is -0.0719. The lowest BCUT2D eigenvalue weighted by Gasteiger charge is -2.20. The fourth-order valence-corrected chi connectivity index (χ4v) is 1.59. The molecule has 0 radical (unpaired) electrons. The topological polar surface area (TPSA) is 72.0 Å². The minimum Gasteiger partial charge on any atom is -0.296 e. The number of nitrogens with zero attached hydrogens (tertiary/aromatic N) is 2. The maximum atomic E-state index is 11.5. The number of carbonyl (C=O) groups excluding carboxylic acids is 2. The molecule has 0 bridgehead atoms. The Morgan fingerprint density at radius 2 is 2.00 bits per heavy atom. The number of rotatable bonds is 1. The van der Waals surface area contributed by atoms with Gasteiger partial charge in [-0.3, -0.25) is 14.9 Å². The molecular formula is C10H11N3O2. The predicted octanol–water partition coefficient (Wildman–Crippen LogP) is 0.305. The highest BCUT2D eigenvalue weighted by atomic mass is 16.2. The van der Waals surface area contributed by atoms with Gasteiger partial charge in [-0.25, -0.2) is 9.97 Å². The van der Waals surface area contributed by atoms with E-state index >= 15 is 0 Å². The first kappa shape index (κ1) is 9.76. The molecule has 2 amide bonds. The molecule has 1 fully saturated rings. The molecule has 0 aliphatic carbocycles. The van der Waals surface area contributed by atoms with Crippen molar-refractivity contribution in [2.45, 2.75) is 25.7 Å². The molecule has 1 aromatic rings. The van der Waals surface area contributed by atoms with Crippen LogP contribution in [0.4, 0.5) is 0 Å². The third kappa shape index (κ3) is 2.01. The summed E-state index contributed by atoms with van der Waals surface area (Å²) >= 11 is 0. The second-order valence-corrected chi connectivity index (χ2v) is 3.57. The van der Waals surface area contributed by atoms with Crippen molar-refractivity contribution in [3.05, 3.63) is 23.8 Å². The van der Waals surface area contributed by atoms with Crippen LogP contribution in [0.25, 0.3) is 0 Å². The Balaban J connectivity index is 2.20. The van der Waals surface area contributed by atoms with Crippen molar-refractivity contribution in [2.24, 2.45) is 0 Å². The van der Waals surface area contributed by atoms with E-state index in [-0.39, 0.29) is 17.7 Å². The standard InChI is InChI=1S/C10H11N3O2/c1-6-11-4-7(5-12-6)8-2-3-9(14)13-10(8)15/h4-5,8H,2-3H2,1H3,(H,13,14,15). The van der Waals surface area contributed by atoms with Gasteiger partial charge >= 0.3 is 0 Å². The summed E-state index contributed by atoms with van der Waals surface area (Å²) in [6.07, 6.45) is 4.20. The van der Waals surface area contributed by atoms with E-state index in [1.807, 2.05) is 0 Å². The van der Waals surface area contributed by atoms with Crippen molar-refractivity contribution in [2.75, 3.05) is 0 Å². The predicted molar refractivity (Wildman–Crippen MR) is 51.9 cm³/mol. The summed E-state index contributed by atoms with van der Waals surface area (Å²) < 4.78 is 0. The minimum atomic E-state index is -0.289. The first-order chi connectivity index (χ1) is 7.16. The highest BCUT2D eigenvalue weighted by molar-refractivity contribution is 6.00. The van der Waals surface area contributed by atoms with Crippen LogP contribution in [0, 0.1) is 6.92 Å². The Bertz CT molecular complexity index is 400. The van der Waals surface area contributed by atoms with E-state index in [0.717, 1.165) is 5.56 Å². The van der Waals surface area contributed by atoms with E-state index in [1.165, 1.54) is 0 Å². The zero-order valence-electron chi connectivity index (χ0n) is 8.36. The Kier molecular flexibility index (Phi) is 2.45. The molecule has 1 aromatic heterocycles. The van der Waals surface area contributed by atoms with Gasteiger partial charge in [-0.1, -0.05) is 0 Å². The van der Waals surface area contributed by atoms with Crippen LogP contribution in [0.3, 0.4) is 0 Å². The van der Waals surface area contributed by atoms with Crippen molar-refractivity contribution in [3.8, 4) is 0 Å². The van der Waals surface area contributed by atoms with Gasteiger partial charge in [0.15, 0.2) is 0 Å². The lowest BCUT2D eigenvalue weighted by atomic mass is 9.92. The van der Waals surface area contributed by atoms with Gasteiger partial charge in [-0.2, -0.15) is 0 Å². The number of amides is 2. The lowest BCUT2D eigenvalue weighted by Crippen LogP contribution is -2.39. The highest BCUT2D eigenvalue weighted by Crippen LogP contribution is 2.23. The number of aryl methyl sites for hydroxylation is 1. The Labute approximate surface area is 86.9 Å². The summed E-state index contributed by atoms with van der Waals surface area (Å²) in [6.45, 7) is 1.79. The molecule has 0 spiro atoms. The van der Waals surface area contributed by atoms with Crippen LogP contribution in [-0.2, 0) is 9.59 Å². The molecule has 5 heteroatoms. The quantitative estimate of drug-likeness (QED) is 0.669. The van der Waals surface area contributed by atoms with Crippen molar-refractivity contribution >= 4 is 11.8 Å². The lowest BCUT2D eigenvalue weighted by molar-refractivity contribution is -0.134. The maximum Gasteiger partial charge on any atom is 0.234 e. The first-order valence-corrected chi connectivity index (χ1v) is 4.79. The molecule has 2 rings (SSSR count). The summed E-state index contributed by atoms with van der Waals surface area (Å²) in [6, 6.07) is 0. The smallest absolute Gasteiger partial charge is 0.234 e. The van der Waals surface area contributed by atoms with Gasteiger partial charge in [0.05, 0.1) is 5.92 Å². The molecule has 5 nitrogen and oxygen atoms in total. The zero-order chi connectivity index (χ0) is 10.8. The van der Waals surface area contributed by atoms with Crippen molar-refractivity contribution in [1.29, 1.82) is 0 Å². The molecule has 1 aliphatic heterocycles. The van der Waals surface area contributed by atoms with Crippen LogP contribution in [-0.4, -0.2) is 21.8 Å². The molecule has 0 saturated carbocycles. The Morgan fingerprint density at radius 1 is 1.33 bits per heavy atom. The second-order valence-electron chi connectivity index (χ2n) is 3.57. The highest BCUT2D eigenvalue weighted by Gasteiger charge is 2.28. The van der Waals surface area contributed by atoms with E-state index < -0.39 is 0 Å². The van der Waals surface area contributed by atoms with Crippen LogP contribution in [0.1, 0.15) is 30.1 Å². The molecule has 1 atom stereocenters. The fraction of sp³-hybridized carbons (Fsp3) is 0.400. The van der Waals surface area contributed by atoms with E-state index in [9.17, 15) is 9.59 Å². The summed E-state index contributed by atoms with van der Waals surface area (Å²) in [7, 11) is 0. The monoisotopic (exact) mass is 205 g/mol. The Morgan fingerprint density at radius 3 is 2.60 bits per heavy atom. The molecule has 1 unspecified atom stereocenters. The molecular weight excluding hydrogens is 194 g/mol. The second kappa shape index (κ2) is 3.76. The van der Waals surface area contributed by atoms with Crippen LogP contribution >= 0.6 is 0 Å². The number of hydrogen-bond acceptors (Lipinski definition) is 4. The average Bonchev–Trinajstić information content (AvgIpc) is 2.20. The van der Waals surface area contributed by atoms with Crippen molar-refractivity contribution in [3.63, 3.8) is 0 Å². The van der Waals surface area contributed by atoms with Gasteiger partial charge in [0.1, 0.15) is 5.82 Å². The number of nitrogens with one attached hydrogen (secondary N) is 1.